The highest BCUT2D eigenvalue weighted by atomic mass is 16.6. The van der Waals surface area contributed by atoms with E-state index in [1.54, 1.807) is 19.2 Å². The summed E-state index contributed by atoms with van der Waals surface area (Å²) in [5.74, 6) is 0.431. The molecule has 0 heterocycles. The van der Waals surface area contributed by atoms with E-state index in [1.165, 1.54) is 0 Å². The van der Waals surface area contributed by atoms with E-state index in [0.29, 0.717) is 12.0 Å². The summed E-state index contributed by atoms with van der Waals surface area (Å²) in [7, 11) is 1.69. The fraction of sp³-hybridized carbons (Fsp3) is 0.400. The maximum atomic E-state index is 10.4. The molecule has 14 heavy (non-hydrogen) atoms. The van der Waals surface area contributed by atoms with Crippen molar-refractivity contribution in [2.45, 2.75) is 18.4 Å². The van der Waals surface area contributed by atoms with E-state index in [9.17, 15) is 10.1 Å². The number of nitro benzene ring substituents is 1. The summed E-state index contributed by atoms with van der Waals surface area (Å²) < 4.78 is 5.17. The van der Waals surface area contributed by atoms with Gasteiger partial charge < -0.3 is 4.74 Å². The highest BCUT2D eigenvalue weighted by Crippen LogP contribution is 2.43. The summed E-state index contributed by atoms with van der Waals surface area (Å²) in [6.07, 6.45) is 1.32. The number of hydrogen-bond acceptors (Lipinski definition) is 3. The fourth-order valence-corrected chi connectivity index (χ4v) is 1.63. The maximum absolute atomic E-state index is 10.4. The lowest BCUT2D eigenvalue weighted by Crippen LogP contribution is -1.92. The van der Waals surface area contributed by atoms with Crippen LogP contribution >= 0.6 is 0 Å². The van der Waals surface area contributed by atoms with Gasteiger partial charge in [-0.25, -0.2) is 0 Å². The van der Waals surface area contributed by atoms with Crippen LogP contribution in [0, 0.1) is 10.1 Å². The Labute approximate surface area is 81.7 Å². The average molecular weight is 193 g/mol. The lowest BCUT2D eigenvalue weighted by molar-refractivity contribution is -0.384. The number of hydrogen-bond donors (Lipinski definition) is 0. The highest BCUT2D eigenvalue weighted by molar-refractivity contribution is 5.36. The molecule has 0 N–H and O–H groups in total. The topological polar surface area (TPSA) is 52.4 Å². The minimum absolute atomic E-state index is 0.142. The number of benzene rings is 1. The van der Waals surface area contributed by atoms with Crippen LogP contribution in [0.2, 0.25) is 0 Å². The summed E-state index contributed by atoms with van der Waals surface area (Å²) in [6, 6.07) is 6.70. The summed E-state index contributed by atoms with van der Waals surface area (Å²) in [6.45, 7) is 0. The van der Waals surface area contributed by atoms with Crippen LogP contribution < -0.4 is 0 Å². The van der Waals surface area contributed by atoms with Crippen LogP contribution in [0.1, 0.15) is 17.9 Å². The first-order chi connectivity index (χ1) is 6.72. The lowest BCUT2D eigenvalue weighted by Gasteiger charge is -1.98. The van der Waals surface area contributed by atoms with E-state index in [1.807, 2.05) is 12.1 Å². The first kappa shape index (κ1) is 9.15. The zero-order valence-electron chi connectivity index (χ0n) is 7.84. The molecule has 0 bridgehead atoms. The predicted octanol–water partition coefficient (Wildman–Crippen LogP) is 2.10. The predicted molar refractivity (Wildman–Crippen MR) is 51.3 cm³/mol. The molecule has 0 unspecified atom stereocenters. The van der Waals surface area contributed by atoms with Crippen molar-refractivity contribution in [2.75, 3.05) is 7.11 Å². The molecule has 1 aliphatic rings. The number of non-ortho nitro benzene ring substituents is 1. The zero-order valence-corrected chi connectivity index (χ0v) is 7.84. The van der Waals surface area contributed by atoms with Gasteiger partial charge in [0.15, 0.2) is 0 Å². The zero-order chi connectivity index (χ0) is 10.1. The second kappa shape index (κ2) is 3.38. The Morgan fingerprint density at radius 3 is 2.50 bits per heavy atom. The molecule has 0 amide bonds. The molecular weight excluding hydrogens is 182 g/mol. The van der Waals surface area contributed by atoms with Crippen molar-refractivity contribution in [2.24, 2.45) is 0 Å². The quantitative estimate of drug-likeness (QED) is 0.545. The molecule has 0 saturated heterocycles. The van der Waals surface area contributed by atoms with E-state index in [4.69, 9.17) is 4.74 Å². The van der Waals surface area contributed by atoms with E-state index in [2.05, 4.69) is 0 Å². The summed E-state index contributed by atoms with van der Waals surface area (Å²) in [5.41, 5.74) is 1.27. The second-order valence-corrected chi connectivity index (χ2v) is 3.46. The number of nitro groups is 1. The smallest absolute Gasteiger partial charge is 0.269 e. The van der Waals surface area contributed by atoms with Gasteiger partial charge in [-0.3, -0.25) is 10.1 Å². The van der Waals surface area contributed by atoms with Crippen molar-refractivity contribution in [1.82, 2.24) is 0 Å². The van der Waals surface area contributed by atoms with Crippen molar-refractivity contribution in [3.05, 3.63) is 39.9 Å². The Morgan fingerprint density at radius 2 is 2.07 bits per heavy atom. The third-order valence-electron chi connectivity index (χ3n) is 2.57. The van der Waals surface area contributed by atoms with Crippen molar-refractivity contribution >= 4 is 5.69 Å². The highest BCUT2D eigenvalue weighted by Gasteiger charge is 2.38. The molecule has 1 aromatic rings. The van der Waals surface area contributed by atoms with Crippen molar-refractivity contribution < 1.29 is 9.66 Å². The molecule has 1 aromatic carbocycles. The SMILES string of the molecule is CO[C@@H]1C[C@H]1c1ccc([N+](=O)[O-])cc1. The van der Waals surface area contributed by atoms with Gasteiger partial charge in [0.25, 0.3) is 5.69 Å². The Kier molecular flexibility index (Phi) is 2.21. The molecule has 1 fully saturated rings. The molecule has 0 radical (unpaired) electrons. The van der Waals surface area contributed by atoms with Crippen LogP contribution in [-0.2, 0) is 4.74 Å². The second-order valence-electron chi connectivity index (χ2n) is 3.46. The van der Waals surface area contributed by atoms with Crippen LogP contribution in [0.15, 0.2) is 24.3 Å². The number of ether oxygens (including phenoxy) is 1. The summed E-state index contributed by atoms with van der Waals surface area (Å²) in [5, 5.41) is 10.4. The van der Waals surface area contributed by atoms with Crippen LogP contribution in [0.25, 0.3) is 0 Å². The minimum atomic E-state index is -0.384. The number of methoxy groups -OCH3 is 1. The van der Waals surface area contributed by atoms with Crippen LogP contribution in [0.5, 0.6) is 0 Å². The van der Waals surface area contributed by atoms with Gasteiger partial charge in [-0.2, -0.15) is 0 Å². The largest absolute Gasteiger partial charge is 0.381 e. The first-order valence-corrected chi connectivity index (χ1v) is 4.49. The molecule has 0 aliphatic heterocycles. The van der Waals surface area contributed by atoms with Crippen molar-refractivity contribution in [1.29, 1.82) is 0 Å². The molecule has 0 aromatic heterocycles. The molecule has 0 spiro atoms. The van der Waals surface area contributed by atoms with Gasteiger partial charge >= 0.3 is 0 Å². The van der Waals surface area contributed by atoms with Crippen LogP contribution in [0.4, 0.5) is 5.69 Å². The van der Waals surface area contributed by atoms with Gasteiger partial charge in [0, 0.05) is 25.2 Å². The number of nitrogens with zero attached hydrogens (tertiary/aromatic N) is 1. The van der Waals surface area contributed by atoms with Crippen LogP contribution in [-0.4, -0.2) is 18.1 Å². The van der Waals surface area contributed by atoms with E-state index in [-0.39, 0.29) is 10.6 Å². The maximum Gasteiger partial charge on any atom is 0.269 e. The number of rotatable bonds is 3. The standard InChI is InChI=1S/C10H11NO3/c1-14-10-6-9(10)7-2-4-8(5-3-7)11(12)13/h2-5,9-10H,6H2,1H3/t9-,10+/m0/s1. The van der Waals surface area contributed by atoms with Crippen molar-refractivity contribution in [3.63, 3.8) is 0 Å². The fourth-order valence-electron chi connectivity index (χ4n) is 1.63. The molecule has 74 valence electrons. The molecule has 4 heteroatoms. The lowest BCUT2D eigenvalue weighted by atomic mass is 10.1. The minimum Gasteiger partial charge on any atom is -0.381 e. The Morgan fingerprint density at radius 1 is 1.43 bits per heavy atom. The van der Waals surface area contributed by atoms with E-state index < -0.39 is 0 Å². The van der Waals surface area contributed by atoms with Crippen molar-refractivity contribution in [3.8, 4) is 0 Å². The third kappa shape index (κ3) is 1.61. The molecule has 2 rings (SSSR count). The van der Waals surface area contributed by atoms with Crippen LogP contribution in [0.3, 0.4) is 0 Å². The average Bonchev–Trinajstić information content (AvgIpc) is 2.97. The Bertz CT molecular complexity index is 347. The molecule has 2 atom stereocenters. The molecular formula is C10H11NO3. The van der Waals surface area contributed by atoms with E-state index >= 15 is 0 Å². The Balaban J connectivity index is 2.11. The van der Waals surface area contributed by atoms with Gasteiger partial charge in [0.2, 0.25) is 0 Å². The van der Waals surface area contributed by atoms with Gasteiger partial charge in [-0.15, -0.1) is 0 Å². The summed E-state index contributed by atoms with van der Waals surface area (Å²) in [4.78, 5) is 10.0. The third-order valence-corrected chi connectivity index (χ3v) is 2.57. The van der Waals surface area contributed by atoms with Gasteiger partial charge in [0.1, 0.15) is 0 Å². The molecule has 1 aliphatic carbocycles. The normalized spacial score (nSPS) is 24.6. The van der Waals surface area contributed by atoms with E-state index in [0.717, 1.165) is 12.0 Å². The Hall–Kier alpha value is -1.42. The van der Waals surface area contributed by atoms with Gasteiger partial charge in [-0.1, -0.05) is 12.1 Å². The molecule has 1 saturated carbocycles. The summed E-state index contributed by atoms with van der Waals surface area (Å²) >= 11 is 0. The molecule has 4 nitrogen and oxygen atoms in total. The van der Waals surface area contributed by atoms with Gasteiger partial charge in [0.05, 0.1) is 11.0 Å². The van der Waals surface area contributed by atoms with Gasteiger partial charge in [-0.05, 0) is 12.0 Å². The monoisotopic (exact) mass is 193 g/mol. The first-order valence-electron chi connectivity index (χ1n) is 4.49.